The van der Waals surface area contributed by atoms with E-state index in [1.165, 1.54) is 11.3 Å². The summed E-state index contributed by atoms with van der Waals surface area (Å²) in [5.41, 5.74) is 3.71. The Morgan fingerprint density at radius 1 is 1.33 bits per heavy atom. The molecule has 1 unspecified atom stereocenters. The Hall–Kier alpha value is -0.927. The van der Waals surface area contributed by atoms with Crippen LogP contribution in [0.2, 0.25) is 0 Å². The van der Waals surface area contributed by atoms with Crippen LogP contribution in [0.4, 0.5) is 0 Å². The first-order valence-corrected chi connectivity index (χ1v) is 5.04. The van der Waals surface area contributed by atoms with Crippen LogP contribution in [0.1, 0.15) is 0 Å². The zero-order valence-corrected chi connectivity index (χ0v) is 11.9. The molecule has 5 heteroatoms. The minimum atomic E-state index is 0. The van der Waals surface area contributed by atoms with Crippen LogP contribution < -0.4 is 0 Å². The van der Waals surface area contributed by atoms with Gasteiger partial charge >= 0.3 is 0 Å². The summed E-state index contributed by atoms with van der Waals surface area (Å²) in [6.45, 7) is 0. The van der Waals surface area contributed by atoms with Gasteiger partial charge in [0, 0.05) is 19.5 Å². The Kier molecular flexibility index (Phi) is 5.29. The second-order valence-corrected chi connectivity index (χ2v) is 3.32. The first-order chi connectivity index (χ1) is 6.97. The standard InChI is InChI=1S/C7H6N2.C3H2NS.Zn/c1-2-4-7-6(3-1)8-5-9-7;1-2-5-3-4-1;/h1-6H;1-2H;/q;-1;. The number of rotatable bonds is 0. The van der Waals surface area contributed by atoms with Crippen molar-refractivity contribution < 1.29 is 19.5 Å². The van der Waals surface area contributed by atoms with Gasteiger partial charge in [0.1, 0.15) is 12.4 Å². The molecule has 72 valence electrons. The molecule has 3 rings (SSSR count). The van der Waals surface area contributed by atoms with Crippen molar-refractivity contribution in [3.05, 3.63) is 41.4 Å². The topological polar surface area (TPSA) is 37.6 Å². The number of thiazole rings is 1. The van der Waals surface area contributed by atoms with Crippen LogP contribution in [-0.4, -0.2) is 23.1 Å². The molecule has 0 fully saturated rings. The van der Waals surface area contributed by atoms with Crippen LogP contribution in [0.15, 0.2) is 45.9 Å². The Morgan fingerprint density at radius 2 is 2.27 bits per heavy atom. The fourth-order valence-corrected chi connectivity index (χ4v) is 1.39. The van der Waals surface area contributed by atoms with Gasteiger partial charge in [-0.2, -0.15) is 0 Å². The number of aromatic nitrogens is 1. The van der Waals surface area contributed by atoms with Gasteiger partial charge < -0.3 is 4.98 Å². The summed E-state index contributed by atoms with van der Waals surface area (Å²) in [6.07, 6.45) is 11.3. The minimum Gasteiger partial charge on any atom is -0.394 e. The molecule has 0 aromatic carbocycles. The van der Waals surface area contributed by atoms with Crippen LogP contribution in [0.5, 0.6) is 0 Å². The van der Waals surface area contributed by atoms with Gasteiger partial charge in [0.05, 0.1) is 5.71 Å². The monoisotopic (exact) mass is 266 g/mol. The summed E-state index contributed by atoms with van der Waals surface area (Å²) in [4.78, 5) is 11.8. The molecule has 2 aliphatic rings. The van der Waals surface area contributed by atoms with E-state index in [-0.39, 0.29) is 25.5 Å². The van der Waals surface area contributed by atoms with Crippen LogP contribution >= 0.6 is 11.3 Å². The molecule has 1 atom stereocenters. The number of fused-ring (bicyclic) bond motifs is 1. The van der Waals surface area contributed by atoms with Gasteiger partial charge in [0.25, 0.3) is 0 Å². The molecular weight excluding hydrogens is 260 g/mol. The van der Waals surface area contributed by atoms with Gasteiger partial charge in [-0.25, -0.2) is 4.99 Å². The van der Waals surface area contributed by atoms with Gasteiger partial charge in [0.2, 0.25) is 0 Å². The van der Waals surface area contributed by atoms with Crippen molar-refractivity contribution in [2.45, 2.75) is 6.04 Å². The van der Waals surface area contributed by atoms with Crippen LogP contribution in [0.3, 0.4) is 0 Å². The maximum Gasteiger partial charge on any atom is 0.112 e. The van der Waals surface area contributed by atoms with Crippen LogP contribution in [0, 0.1) is 5.51 Å². The minimum absolute atomic E-state index is 0. The van der Waals surface area contributed by atoms with Crippen molar-refractivity contribution in [1.29, 1.82) is 0 Å². The third kappa shape index (κ3) is 3.61. The fourth-order valence-electron chi connectivity index (χ4n) is 1.09. The van der Waals surface area contributed by atoms with E-state index in [1.807, 2.05) is 29.7 Å². The zero-order chi connectivity index (χ0) is 9.64. The number of allylic oxidation sites excluding steroid dienone is 2. The average Bonchev–Trinajstić information content (AvgIpc) is 2.92. The van der Waals surface area contributed by atoms with E-state index in [1.54, 1.807) is 12.5 Å². The molecule has 0 radical (unpaired) electrons. The van der Waals surface area contributed by atoms with Gasteiger partial charge in [-0.3, -0.25) is 16.3 Å². The molecule has 0 saturated carbocycles. The summed E-state index contributed by atoms with van der Waals surface area (Å²) in [5.74, 6) is 0. The normalized spacial score (nSPS) is 19.7. The van der Waals surface area contributed by atoms with Crippen molar-refractivity contribution in [2.75, 3.05) is 0 Å². The van der Waals surface area contributed by atoms with Crippen molar-refractivity contribution in [3.8, 4) is 0 Å². The molecule has 1 aliphatic heterocycles. The Bertz CT molecular complexity index is 376. The summed E-state index contributed by atoms with van der Waals surface area (Å²) in [6, 6.07) is 0.218. The van der Waals surface area contributed by atoms with E-state index >= 15 is 0 Å². The molecule has 1 aromatic rings. The number of aliphatic imine (C=N–C) groups is 2. The summed E-state index contributed by atoms with van der Waals surface area (Å²) in [7, 11) is 0. The average molecular weight is 268 g/mol. The smallest absolute Gasteiger partial charge is 0.112 e. The summed E-state index contributed by atoms with van der Waals surface area (Å²) in [5, 5.41) is 1.88. The van der Waals surface area contributed by atoms with E-state index < -0.39 is 0 Å². The third-order valence-electron chi connectivity index (χ3n) is 1.72. The van der Waals surface area contributed by atoms with Gasteiger partial charge in [0.15, 0.2) is 0 Å². The molecule has 0 spiro atoms. The van der Waals surface area contributed by atoms with Gasteiger partial charge in [-0.15, -0.1) is 11.6 Å². The molecule has 0 saturated heterocycles. The number of hydrogen-bond acceptors (Lipinski definition) is 4. The molecule has 15 heavy (non-hydrogen) atoms. The Morgan fingerprint density at radius 3 is 2.87 bits per heavy atom. The third-order valence-corrected chi connectivity index (χ3v) is 2.19. The van der Waals surface area contributed by atoms with E-state index in [9.17, 15) is 0 Å². The molecule has 0 bridgehead atoms. The zero-order valence-electron chi connectivity index (χ0n) is 8.08. The molecule has 0 N–H and O–H groups in total. The van der Waals surface area contributed by atoms with E-state index in [4.69, 9.17) is 0 Å². The Balaban J connectivity index is 0.000000162. The molecule has 2 heterocycles. The Labute approximate surface area is 105 Å². The van der Waals surface area contributed by atoms with Gasteiger partial charge in [-0.1, -0.05) is 18.2 Å². The molecule has 0 amide bonds. The van der Waals surface area contributed by atoms with E-state index in [2.05, 4.69) is 20.5 Å². The van der Waals surface area contributed by atoms with E-state index in [0.29, 0.717) is 0 Å². The van der Waals surface area contributed by atoms with Gasteiger partial charge in [-0.05, 0) is 11.6 Å². The first-order valence-electron chi connectivity index (χ1n) is 4.16. The predicted molar refractivity (Wildman–Crippen MR) is 58.9 cm³/mol. The first kappa shape index (κ1) is 12.1. The van der Waals surface area contributed by atoms with Crippen molar-refractivity contribution >= 4 is 23.4 Å². The second kappa shape index (κ2) is 6.54. The van der Waals surface area contributed by atoms with Crippen molar-refractivity contribution in [3.63, 3.8) is 0 Å². The molecule has 1 aromatic heterocycles. The SMILES string of the molecule is C1=CC2=NC=NC2C=C1.[Zn].[c-]1nccs1. The van der Waals surface area contributed by atoms with Crippen molar-refractivity contribution in [2.24, 2.45) is 9.98 Å². The molecule has 3 nitrogen and oxygen atoms in total. The maximum atomic E-state index is 4.09. The quantitative estimate of drug-likeness (QED) is 0.523. The summed E-state index contributed by atoms with van der Waals surface area (Å²) >= 11 is 1.48. The predicted octanol–water partition coefficient (Wildman–Crippen LogP) is 1.90. The second-order valence-electron chi connectivity index (χ2n) is 2.63. The number of hydrogen-bond donors (Lipinski definition) is 0. The van der Waals surface area contributed by atoms with Crippen molar-refractivity contribution in [1.82, 2.24) is 4.98 Å². The number of nitrogens with zero attached hydrogens (tertiary/aromatic N) is 3. The fraction of sp³-hybridized carbons (Fsp3) is 0.100. The van der Waals surface area contributed by atoms with Crippen LogP contribution in [0.25, 0.3) is 0 Å². The molecule has 1 aliphatic carbocycles. The maximum absolute atomic E-state index is 4.09. The van der Waals surface area contributed by atoms with Crippen LogP contribution in [-0.2, 0) is 19.5 Å². The van der Waals surface area contributed by atoms with E-state index in [0.717, 1.165) is 5.71 Å². The summed E-state index contributed by atoms with van der Waals surface area (Å²) < 4.78 is 0. The largest absolute Gasteiger partial charge is 0.394 e. The molecular formula is C10H8N3SZn-.